The molecule has 1 aromatic rings. The van der Waals surface area contributed by atoms with Crippen molar-refractivity contribution in [3.63, 3.8) is 0 Å². The molecule has 1 heterocycles. The Kier molecular flexibility index (Phi) is 2.57. The predicted octanol–water partition coefficient (Wildman–Crippen LogP) is 2.18. The lowest BCUT2D eigenvalue weighted by Gasteiger charge is -2.25. The van der Waals surface area contributed by atoms with Gasteiger partial charge in [-0.3, -0.25) is 0 Å². The summed E-state index contributed by atoms with van der Waals surface area (Å²) in [6.07, 6.45) is 5.82. The Morgan fingerprint density at radius 3 is 2.93 bits per heavy atom. The second kappa shape index (κ2) is 3.86. The van der Waals surface area contributed by atoms with Crippen LogP contribution in [0.5, 0.6) is 0 Å². The van der Waals surface area contributed by atoms with Gasteiger partial charge in [-0.1, -0.05) is 6.42 Å². The van der Waals surface area contributed by atoms with E-state index in [2.05, 4.69) is 10.3 Å². The van der Waals surface area contributed by atoms with Gasteiger partial charge in [0, 0.05) is 6.54 Å². The first-order valence-corrected chi connectivity index (χ1v) is 5.21. The van der Waals surface area contributed by atoms with E-state index in [1.807, 2.05) is 13.0 Å². The van der Waals surface area contributed by atoms with Crippen molar-refractivity contribution in [3.05, 3.63) is 17.8 Å². The molecule has 0 spiro atoms. The van der Waals surface area contributed by atoms with Crippen LogP contribution in [-0.2, 0) is 0 Å². The minimum absolute atomic E-state index is 0.733. The Morgan fingerprint density at radius 2 is 2.36 bits per heavy atom. The minimum atomic E-state index is 0.733. The van der Waals surface area contributed by atoms with Crippen LogP contribution in [0.4, 0.5) is 11.5 Å². The van der Waals surface area contributed by atoms with Crippen molar-refractivity contribution >= 4 is 11.5 Å². The van der Waals surface area contributed by atoms with Crippen LogP contribution in [-0.4, -0.2) is 11.5 Å². The fourth-order valence-corrected chi connectivity index (χ4v) is 1.72. The highest BCUT2D eigenvalue weighted by atomic mass is 15.0. The van der Waals surface area contributed by atoms with Crippen molar-refractivity contribution < 1.29 is 0 Å². The molecule has 3 N–H and O–H groups in total. The number of aromatic nitrogens is 1. The molecule has 0 unspecified atom stereocenters. The Balaban J connectivity index is 1.94. The predicted molar refractivity (Wildman–Crippen MR) is 59.2 cm³/mol. The number of nitrogens with one attached hydrogen (secondary N) is 1. The fourth-order valence-electron chi connectivity index (χ4n) is 1.72. The first-order chi connectivity index (χ1) is 6.75. The lowest BCUT2D eigenvalue weighted by molar-refractivity contribution is 0.333. The number of nitrogen functional groups attached to an aromatic ring is 1. The third-order valence-corrected chi connectivity index (χ3v) is 2.88. The van der Waals surface area contributed by atoms with Gasteiger partial charge in [-0.05, 0) is 37.3 Å². The SMILES string of the molecule is Cc1cc(N)cnc1NCC1CCC1. The highest BCUT2D eigenvalue weighted by molar-refractivity contribution is 5.50. The summed E-state index contributed by atoms with van der Waals surface area (Å²) < 4.78 is 0. The lowest BCUT2D eigenvalue weighted by atomic mass is 9.85. The Morgan fingerprint density at radius 1 is 1.57 bits per heavy atom. The van der Waals surface area contributed by atoms with Gasteiger partial charge in [0.05, 0.1) is 11.9 Å². The number of nitrogens with two attached hydrogens (primary N) is 1. The summed E-state index contributed by atoms with van der Waals surface area (Å²) in [6.45, 7) is 3.09. The van der Waals surface area contributed by atoms with E-state index in [1.54, 1.807) is 6.20 Å². The van der Waals surface area contributed by atoms with Gasteiger partial charge < -0.3 is 11.1 Å². The third kappa shape index (κ3) is 1.97. The van der Waals surface area contributed by atoms with E-state index in [0.717, 1.165) is 29.5 Å². The fraction of sp³-hybridized carbons (Fsp3) is 0.545. The van der Waals surface area contributed by atoms with E-state index in [-0.39, 0.29) is 0 Å². The Labute approximate surface area is 84.7 Å². The maximum Gasteiger partial charge on any atom is 0.129 e. The van der Waals surface area contributed by atoms with Crippen LogP contribution in [0.15, 0.2) is 12.3 Å². The van der Waals surface area contributed by atoms with Gasteiger partial charge in [0.1, 0.15) is 5.82 Å². The van der Waals surface area contributed by atoms with Gasteiger partial charge in [-0.2, -0.15) is 0 Å². The quantitative estimate of drug-likeness (QED) is 0.770. The van der Waals surface area contributed by atoms with Gasteiger partial charge in [0.2, 0.25) is 0 Å². The molecule has 3 nitrogen and oxygen atoms in total. The zero-order chi connectivity index (χ0) is 9.97. The van der Waals surface area contributed by atoms with E-state index in [0.29, 0.717) is 0 Å². The molecular weight excluding hydrogens is 174 g/mol. The minimum Gasteiger partial charge on any atom is -0.397 e. The first-order valence-electron chi connectivity index (χ1n) is 5.21. The zero-order valence-electron chi connectivity index (χ0n) is 8.59. The second-order valence-corrected chi connectivity index (χ2v) is 4.11. The van der Waals surface area contributed by atoms with Crippen LogP contribution in [0.3, 0.4) is 0 Å². The molecule has 0 saturated heterocycles. The maximum atomic E-state index is 5.63. The molecule has 1 fully saturated rings. The van der Waals surface area contributed by atoms with Crippen molar-refractivity contribution in [2.75, 3.05) is 17.6 Å². The molecule has 2 rings (SSSR count). The van der Waals surface area contributed by atoms with Gasteiger partial charge >= 0.3 is 0 Å². The molecule has 0 aliphatic heterocycles. The van der Waals surface area contributed by atoms with E-state index in [9.17, 15) is 0 Å². The molecule has 76 valence electrons. The topological polar surface area (TPSA) is 50.9 Å². The van der Waals surface area contributed by atoms with Crippen molar-refractivity contribution in [1.29, 1.82) is 0 Å². The number of pyridine rings is 1. The highest BCUT2D eigenvalue weighted by Gasteiger charge is 2.17. The summed E-state index contributed by atoms with van der Waals surface area (Å²) in [5, 5.41) is 3.38. The normalized spacial score (nSPS) is 16.4. The number of aryl methyl sites for hydroxylation is 1. The van der Waals surface area contributed by atoms with Crippen molar-refractivity contribution in [3.8, 4) is 0 Å². The number of nitrogens with zero attached hydrogens (tertiary/aromatic N) is 1. The molecule has 1 saturated carbocycles. The maximum absolute atomic E-state index is 5.63. The standard InChI is InChI=1S/C11H17N3/c1-8-5-10(12)7-14-11(8)13-6-9-3-2-4-9/h5,7,9H,2-4,6,12H2,1H3,(H,13,14). The van der Waals surface area contributed by atoms with Crippen LogP contribution in [0.25, 0.3) is 0 Å². The Hall–Kier alpha value is -1.25. The van der Waals surface area contributed by atoms with E-state index in [4.69, 9.17) is 5.73 Å². The zero-order valence-corrected chi connectivity index (χ0v) is 8.59. The van der Waals surface area contributed by atoms with Crippen LogP contribution in [0, 0.1) is 12.8 Å². The number of anilines is 2. The molecule has 0 amide bonds. The van der Waals surface area contributed by atoms with Crippen LogP contribution < -0.4 is 11.1 Å². The summed E-state index contributed by atoms with van der Waals surface area (Å²) in [6, 6.07) is 1.95. The van der Waals surface area contributed by atoms with Gasteiger partial charge in [-0.25, -0.2) is 4.98 Å². The largest absolute Gasteiger partial charge is 0.397 e. The van der Waals surface area contributed by atoms with Crippen molar-refractivity contribution in [2.24, 2.45) is 5.92 Å². The third-order valence-electron chi connectivity index (χ3n) is 2.88. The van der Waals surface area contributed by atoms with Crippen LogP contribution >= 0.6 is 0 Å². The number of rotatable bonds is 3. The molecule has 0 radical (unpaired) electrons. The molecule has 0 bridgehead atoms. The second-order valence-electron chi connectivity index (χ2n) is 4.11. The number of hydrogen-bond acceptors (Lipinski definition) is 3. The van der Waals surface area contributed by atoms with Gasteiger partial charge in [0.25, 0.3) is 0 Å². The van der Waals surface area contributed by atoms with Crippen molar-refractivity contribution in [1.82, 2.24) is 4.98 Å². The van der Waals surface area contributed by atoms with Crippen LogP contribution in [0.2, 0.25) is 0 Å². The van der Waals surface area contributed by atoms with E-state index in [1.165, 1.54) is 19.3 Å². The van der Waals surface area contributed by atoms with Crippen molar-refractivity contribution in [2.45, 2.75) is 26.2 Å². The van der Waals surface area contributed by atoms with Gasteiger partial charge in [-0.15, -0.1) is 0 Å². The summed E-state index contributed by atoms with van der Waals surface area (Å²) in [5.41, 5.74) is 7.49. The van der Waals surface area contributed by atoms with Gasteiger partial charge in [0.15, 0.2) is 0 Å². The van der Waals surface area contributed by atoms with Crippen LogP contribution in [0.1, 0.15) is 24.8 Å². The molecule has 3 heteroatoms. The molecule has 1 aromatic heterocycles. The summed E-state index contributed by atoms with van der Waals surface area (Å²) in [7, 11) is 0. The summed E-state index contributed by atoms with van der Waals surface area (Å²) in [4.78, 5) is 4.27. The lowest BCUT2D eigenvalue weighted by Crippen LogP contribution is -2.21. The number of hydrogen-bond donors (Lipinski definition) is 2. The van der Waals surface area contributed by atoms with E-state index < -0.39 is 0 Å². The average Bonchev–Trinajstić information content (AvgIpc) is 2.05. The monoisotopic (exact) mass is 191 g/mol. The summed E-state index contributed by atoms with van der Waals surface area (Å²) in [5.74, 6) is 1.83. The smallest absolute Gasteiger partial charge is 0.129 e. The summed E-state index contributed by atoms with van der Waals surface area (Å²) >= 11 is 0. The molecular formula is C11H17N3. The molecule has 14 heavy (non-hydrogen) atoms. The van der Waals surface area contributed by atoms with E-state index >= 15 is 0 Å². The average molecular weight is 191 g/mol. The molecule has 1 aliphatic carbocycles. The highest BCUT2D eigenvalue weighted by Crippen LogP contribution is 2.26. The molecule has 0 atom stereocenters. The molecule has 0 aromatic carbocycles. The Bertz CT molecular complexity index is 318. The molecule has 1 aliphatic rings. The first kappa shape index (κ1) is 9.31.